The normalized spacial score (nSPS) is 18.7. The summed E-state index contributed by atoms with van der Waals surface area (Å²) in [5, 5.41) is 0. The fraction of sp³-hybridized carbons (Fsp3) is 0.400. The van der Waals surface area contributed by atoms with E-state index in [-0.39, 0.29) is 0 Å². The molecule has 0 N–H and O–H groups in total. The standard InChI is InChI=1S/C10H12BrNOS/c1-8-3-4-9(11)7-10(8)12-14(13)5-2-6-14/h3-4,7H,2,5-6H2,1H3. The summed E-state index contributed by atoms with van der Waals surface area (Å²) in [6, 6.07) is 5.90. The van der Waals surface area contributed by atoms with Crippen molar-refractivity contribution in [1.82, 2.24) is 0 Å². The Balaban J connectivity index is 2.47. The van der Waals surface area contributed by atoms with Crippen LogP contribution < -0.4 is 0 Å². The first-order chi connectivity index (χ1) is 6.59. The summed E-state index contributed by atoms with van der Waals surface area (Å²) < 4.78 is 17.2. The predicted octanol–water partition coefficient (Wildman–Crippen LogP) is 3.26. The number of benzene rings is 1. The highest BCUT2D eigenvalue weighted by atomic mass is 79.9. The van der Waals surface area contributed by atoms with Crippen molar-refractivity contribution in [3.63, 3.8) is 0 Å². The van der Waals surface area contributed by atoms with Gasteiger partial charge in [0.25, 0.3) is 0 Å². The highest BCUT2D eigenvalue weighted by Crippen LogP contribution is 2.27. The van der Waals surface area contributed by atoms with Gasteiger partial charge in [0.1, 0.15) is 0 Å². The molecule has 14 heavy (non-hydrogen) atoms. The van der Waals surface area contributed by atoms with Crippen LogP contribution in [0.15, 0.2) is 27.0 Å². The second-order valence-corrected chi connectivity index (χ2v) is 7.02. The van der Waals surface area contributed by atoms with Crippen molar-refractivity contribution in [2.75, 3.05) is 11.5 Å². The van der Waals surface area contributed by atoms with Gasteiger partial charge in [-0.05, 0) is 31.0 Å². The van der Waals surface area contributed by atoms with E-state index in [0.717, 1.165) is 33.7 Å². The molecule has 76 valence electrons. The first-order valence-electron chi connectivity index (χ1n) is 4.58. The Labute approximate surface area is 93.0 Å². The summed E-state index contributed by atoms with van der Waals surface area (Å²) in [6.45, 7) is 1.99. The van der Waals surface area contributed by atoms with E-state index in [0.29, 0.717) is 0 Å². The number of rotatable bonds is 1. The predicted molar refractivity (Wildman–Crippen MR) is 63.5 cm³/mol. The molecule has 1 saturated heterocycles. The minimum Gasteiger partial charge on any atom is -0.249 e. The molecule has 0 atom stereocenters. The van der Waals surface area contributed by atoms with E-state index in [1.54, 1.807) is 0 Å². The molecule has 2 nitrogen and oxygen atoms in total. The maximum absolute atomic E-state index is 11.9. The van der Waals surface area contributed by atoms with Crippen LogP contribution in [0.1, 0.15) is 12.0 Å². The van der Waals surface area contributed by atoms with Crippen LogP contribution in [0.4, 0.5) is 5.69 Å². The zero-order valence-electron chi connectivity index (χ0n) is 8.00. The third-order valence-corrected chi connectivity index (χ3v) is 5.24. The second kappa shape index (κ2) is 3.66. The van der Waals surface area contributed by atoms with E-state index in [4.69, 9.17) is 0 Å². The molecule has 2 rings (SSSR count). The molecular weight excluding hydrogens is 262 g/mol. The molecule has 4 heteroatoms. The summed E-state index contributed by atoms with van der Waals surface area (Å²) in [7, 11) is -1.88. The van der Waals surface area contributed by atoms with E-state index in [2.05, 4.69) is 20.3 Å². The third-order valence-electron chi connectivity index (χ3n) is 2.36. The van der Waals surface area contributed by atoms with Crippen LogP contribution in [0.3, 0.4) is 0 Å². The maximum Gasteiger partial charge on any atom is 0.0770 e. The number of aryl methyl sites for hydroxylation is 1. The Hall–Kier alpha value is -0.350. The van der Waals surface area contributed by atoms with Crippen molar-refractivity contribution < 1.29 is 4.21 Å². The lowest BCUT2D eigenvalue weighted by atomic mass is 10.2. The van der Waals surface area contributed by atoms with Gasteiger partial charge in [0, 0.05) is 16.0 Å². The molecule has 0 saturated carbocycles. The Kier molecular flexibility index (Phi) is 2.66. The molecule has 0 unspecified atom stereocenters. The van der Waals surface area contributed by atoms with Gasteiger partial charge in [0.05, 0.1) is 15.4 Å². The van der Waals surface area contributed by atoms with Crippen LogP contribution >= 0.6 is 15.9 Å². The van der Waals surface area contributed by atoms with Gasteiger partial charge in [-0.1, -0.05) is 22.0 Å². The van der Waals surface area contributed by atoms with E-state index < -0.39 is 9.73 Å². The molecule has 1 fully saturated rings. The highest BCUT2D eigenvalue weighted by molar-refractivity contribution is 9.10. The molecular formula is C10H12BrNOS. The smallest absolute Gasteiger partial charge is 0.0770 e. The molecule has 1 heterocycles. The zero-order chi connectivity index (χ0) is 10.2. The molecule has 0 amide bonds. The van der Waals surface area contributed by atoms with Crippen molar-refractivity contribution in [2.45, 2.75) is 13.3 Å². The lowest BCUT2D eigenvalue weighted by Gasteiger charge is -2.18. The van der Waals surface area contributed by atoms with Crippen LogP contribution in [0.5, 0.6) is 0 Å². The molecule has 1 aromatic rings. The lowest BCUT2D eigenvalue weighted by Crippen LogP contribution is -2.23. The van der Waals surface area contributed by atoms with Crippen LogP contribution in [-0.4, -0.2) is 15.7 Å². The molecule has 0 bridgehead atoms. The Bertz CT molecular complexity index is 465. The van der Waals surface area contributed by atoms with Gasteiger partial charge in [0.15, 0.2) is 0 Å². The number of halogens is 1. The number of hydrogen-bond donors (Lipinski definition) is 0. The molecule has 0 radical (unpaired) electrons. The molecule has 0 aromatic heterocycles. The van der Waals surface area contributed by atoms with Crippen LogP contribution in [0.2, 0.25) is 0 Å². The summed E-state index contributed by atoms with van der Waals surface area (Å²) in [4.78, 5) is 0. The summed E-state index contributed by atoms with van der Waals surface area (Å²) in [5.41, 5.74) is 1.95. The van der Waals surface area contributed by atoms with Gasteiger partial charge in [-0.25, -0.2) is 4.21 Å². The van der Waals surface area contributed by atoms with Gasteiger partial charge in [-0.2, -0.15) is 4.36 Å². The third kappa shape index (κ3) is 2.01. The van der Waals surface area contributed by atoms with E-state index in [1.165, 1.54) is 0 Å². The summed E-state index contributed by atoms with van der Waals surface area (Å²) >= 11 is 3.39. The molecule has 1 aliphatic rings. The number of hydrogen-bond acceptors (Lipinski definition) is 2. The average Bonchev–Trinajstić information content (AvgIpc) is 2.09. The Morgan fingerprint density at radius 3 is 2.71 bits per heavy atom. The monoisotopic (exact) mass is 273 g/mol. The average molecular weight is 274 g/mol. The van der Waals surface area contributed by atoms with E-state index >= 15 is 0 Å². The van der Waals surface area contributed by atoms with Crippen molar-refractivity contribution in [1.29, 1.82) is 0 Å². The van der Waals surface area contributed by atoms with Crippen molar-refractivity contribution in [2.24, 2.45) is 4.36 Å². The fourth-order valence-corrected chi connectivity index (χ4v) is 3.21. The Morgan fingerprint density at radius 2 is 2.14 bits per heavy atom. The zero-order valence-corrected chi connectivity index (χ0v) is 10.4. The quantitative estimate of drug-likeness (QED) is 0.772. The molecule has 0 aliphatic carbocycles. The van der Waals surface area contributed by atoms with E-state index in [1.807, 2.05) is 25.1 Å². The van der Waals surface area contributed by atoms with E-state index in [9.17, 15) is 4.21 Å². The minimum atomic E-state index is -1.88. The highest BCUT2D eigenvalue weighted by Gasteiger charge is 2.19. The Morgan fingerprint density at radius 1 is 1.43 bits per heavy atom. The molecule has 1 aromatic carbocycles. The topological polar surface area (TPSA) is 29.4 Å². The minimum absolute atomic E-state index is 0.763. The van der Waals surface area contributed by atoms with Gasteiger partial charge < -0.3 is 0 Å². The van der Waals surface area contributed by atoms with Gasteiger partial charge >= 0.3 is 0 Å². The lowest BCUT2D eigenvalue weighted by molar-refractivity contribution is 0.663. The fourth-order valence-electron chi connectivity index (χ4n) is 1.34. The molecule has 0 spiro atoms. The second-order valence-electron chi connectivity index (χ2n) is 3.56. The molecule has 1 aliphatic heterocycles. The van der Waals surface area contributed by atoms with Crippen LogP contribution in [-0.2, 0) is 9.73 Å². The largest absolute Gasteiger partial charge is 0.249 e. The first kappa shape index (κ1) is 10.2. The first-order valence-corrected chi connectivity index (χ1v) is 7.22. The summed E-state index contributed by atoms with van der Waals surface area (Å²) in [6.07, 6.45) is 1.05. The van der Waals surface area contributed by atoms with Gasteiger partial charge in [-0.15, -0.1) is 0 Å². The van der Waals surface area contributed by atoms with Crippen molar-refractivity contribution in [3.8, 4) is 0 Å². The van der Waals surface area contributed by atoms with Gasteiger partial charge in [-0.3, -0.25) is 0 Å². The number of nitrogens with zero attached hydrogens (tertiary/aromatic N) is 1. The van der Waals surface area contributed by atoms with Crippen LogP contribution in [0, 0.1) is 6.92 Å². The van der Waals surface area contributed by atoms with Crippen LogP contribution in [0.25, 0.3) is 0 Å². The van der Waals surface area contributed by atoms with Crippen molar-refractivity contribution >= 4 is 31.3 Å². The summed E-state index contributed by atoms with van der Waals surface area (Å²) in [5.74, 6) is 1.53. The maximum atomic E-state index is 11.9. The van der Waals surface area contributed by atoms with Gasteiger partial charge in [0.2, 0.25) is 0 Å². The SMILES string of the molecule is Cc1ccc(Br)cc1N=S1(=O)CCC1. The van der Waals surface area contributed by atoms with Crippen molar-refractivity contribution in [3.05, 3.63) is 28.2 Å².